The van der Waals surface area contributed by atoms with E-state index < -0.39 is 23.8 Å². The van der Waals surface area contributed by atoms with Gasteiger partial charge in [0, 0.05) is 5.02 Å². The summed E-state index contributed by atoms with van der Waals surface area (Å²) < 4.78 is 5.27. The Kier molecular flexibility index (Phi) is 5.70. The van der Waals surface area contributed by atoms with Gasteiger partial charge in [-0.2, -0.15) is 0 Å². The molecule has 1 N–H and O–H groups in total. The first-order valence-electron chi connectivity index (χ1n) is 9.00. The first-order chi connectivity index (χ1) is 13.4. The van der Waals surface area contributed by atoms with E-state index >= 15 is 0 Å². The summed E-state index contributed by atoms with van der Waals surface area (Å²) in [5, 5.41) is 3.20. The van der Waals surface area contributed by atoms with E-state index in [1.54, 1.807) is 42.5 Å². The van der Waals surface area contributed by atoms with Crippen molar-refractivity contribution in [2.45, 2.75) is 26.3 Å². The number of imide groups is 1. The van der Waals surface area contributed by atoms with Gasteiger partial charge in [-0.25, -0.2) is 0 Å². The number of rotatable bonds is 6. The monoisotopic (exact) mass is 400 g/mol. The average molecular weight is 401 g/mol. The fourth-order valence-electron chi connectivity index (χ4n) is 3.30. The SMILES string of the molecule is CC[C@H](C)[C@@H](C(=O)Nc1cc(Cl)ccc1OC)N1C(=O)c2ccccc2C1=O. The van der Waals surface area contributed by atoms with E-state index in [4.69, 9.17) is 16.3 Å². The Balaban J connectivity index is 1.96. The number of benzene rings is 2. The van der Waals surface area contributed by atoms with E-state index in [9.17, 15) is 14.4 Å². The normalized spacial score (nSPS) is 15.2. The Morgan fingerprint density at radius 3 is 2.29 bits per heavy atom. The van der Waals surface area contributed by atoms with E-state index in [2.05, 4.69) is 5.32 Å². The molecular formula is C21H21ClN2O4. The van der Waals surface area contributed by atoms with Crippen LogP contribution in [0.4, 0.5) is 5.69 Å². The van der Waals surface area contributed by atoms with Gasteiger partial charge in [-0.05, 0) is 36.2 Å². The zero-order valence-corrected chi connectivity index (χ0v) is 16.6. The van der Waals surface area contributed by atoms with Gasteiger partial charge in [-0.3, -0.25) is 19.3 Å². The van der Waals surface area contributed by atoms with E-state index in [0.717, 1.165) is 4.90 Å². The summed E-state index contributed by atoms with van der Waals surface area (Å²) in [4.78, 5) is 40.0. The highest BCUT2D eigenvalue weighted by Gasteiger charge is 2.44. The molecule has 0 spiro atoms. The van der Waals surface area contributed by atoms with E-state index in [1.807, 2.05) is 13.8 Å². The lowest BCUT2D eigenvalue weighted by atomic mass is 9.96. The second kappa shape index (κ2) is 8.02. The number of anilines is 1. The van der Waals surface area contributed by atoms with Gasteiger partial charge >= 0.3 is 0 Å². The van der Waals surface area contributed by atoms with E-state index in [0.29, 0.717) is 34.0 Å². The largest absolute Gasteiger partial charge is 0.495 e. The zero-order valence-electron chi connectivity index (χ0n) is 15.9. The predicted octanol–water partition coefficient (Wildman–Crippen LogP) is 4.00. The lowest BCUT2D eigenvalue weighted by Crippen LogP contribution is -2.50. The molecule has 7 heteroatoms. The fraction of sp³-hybridized carbons (Fsp3) is 0.286. The van der Waals surface area contributed by atoms with Crippen LogP contribution >= 0.6 is 11.6 Å². The summed E-state index contributed by atoms with van der Waals surface area (Å²) >= 11 is 6.04. The third kappa shape index (κ3) is 3.47. The number of hydrogen-bond donors (Lipinski definition) is 1. The number of nitrogens with one attached hydrogen (secondary N) is 1. The van der Waals surface area contributed by atoms with Crippen LogP contribution in [0.3, 0.4) is 0 Å². The first kappa shape index (κ1) is 19.9. The predicted molar refractivity (Wildman–Crippen MR) is 107 cm³/mol. The minimum Gasteiger partial charge on any atom is -0.495 e. The molecule has 2 atom stereocenters. The van der Waals surface area contributed by atoms with Crippen molar-refractivity contribution in [1.29, 1.82) is 0 Å². The highest BCUT2D eigenvalue weighted by atomic mass is 35.5. The van der Waals surface area contributed by atoms with Crippen LogP contribution in [0.15, 0.2) is 42.5 Å². The van der Waals surface area contributed by atoms with Gasteiger partial charge < -0.3 is 10.1 Å². The van der Waals surface area contributed by atoms with Crippen LogP contribution in [-0.4, -0.2) is 35.8 Å². The highest BCUT2D eigenvalue weighted by Crippen LogP contribution is 2.31. The maximum absolute atomic E-state index is 13.2. The number of amides is 3. The fourth-order valence-corrected chi connectivity index (χ4v) is 3.47. The van der Waals surface area contributed by atoms with Crippen LogP contribution in [0.5, 0.6) is 5.75 Å². The Labute approximate surface area is 168 Å². The van der Waals surface area contributed by atoms with Gasteiger partial charge in [0.1, 0.15) is 11.8 Å². The lowest BCUT2D eigenvalue weighted by molar-refractivity contribution is -0.121. The molecule has 28 heavy (non-hydrogen) atoms. The van der Waals surface area contributed by atoms with Crippen LogP contribution in [0.25, 0.3) is 0 Å². The average Bonchev–Trinajstić information content (AvgIpc) is 2.94. The second-order valence-corrected chi connectivity index (χ2v) is 7.13. The maximum atomic E-state index is 13.2. The number of ether oxygens (including phenoxy) is 1. The zero-order chi connectivity index (χ0) is 20.4. The minimum absolute atomic E-state index is 0.243. The van der Waals surface area contributed by atoms with Crippen LogP contribution in [-0.2, 0) is 4.79 Å². The summed E-state index contributed by atoms with van der Waals surface area (Å²) in [7, 11) is 1.48. The summed E-state index contributed by atoms with van der Waals surface area (Å²) in [6, 6.07) is 10.5. The highest BCUT2D eigenvalue weighted by molar-refractivity contribution is 6.31. The molecule has 1 aliphatic rings. The number of carbonyl (C=O) groups is 3. The lowest BCUT2D eigenvalue weighted by Gasteiger charge is -2.30. The molecule has 0 bridgehead atoms. The van der Waals surface area contributed by atoms with Crippen LogP contribution in [0.2, 0.25) is 5.02 Å². The molecule has 2 aromatic rings. The quantitative estimate of drug-likeness (QED) is 0.743. The molecule has 0 saturated heterocycles. The molecular weight excluding hydrogens is 380 g/mol. The van der Waals surface area contributed by atoms with Crippen LogP contribution < -0.4 is 10.1 Å². The molecule has 0 radical (unpaired) electrons. The smallest absolute Gasteiger partial charge is 0.262 e. The van der Waals surface area contributed by atoms with Crippen molar-refractivity contribution >= 4 is 35.0 Å². The van der Waals surface area contributed by atoms with Gasteiger partial charge in [0.05, 0.1) is 23.9 Å². The molecule has 0 aromatic heterocycles. The van der Waals surface area contributed by atoms with Gasteiger partial charge in [-0.1, -0.05) is 44.0 Å². The van der Waals surface area contributed by atoms with Crippen molar-refractivity contribution in [1.82, 2.24) is 4.90 Å². The molecule has 0 fully saturated rings. The van der Waals surface area contributed by atoms with Gasteiger partial charge in [0.2, 0.25) is 5.91 Å². The van der Waals surface area contributed by atoms with Crippen LogP contribution in [0.1, 0.15) is 41.0 Å². The topological polar surface area (TPSA) is 75.7 Å². The Hall–Kier alpha value is -2.86. The molecule has 3 rings (SSSR count). The maximum Gasteiger partial charge on any atom is 0.262 e. The van der Waals surface area contributed by atoms with E-state index in [-0.39, 0.29) is 5.92 Å². The molecule has 2 aromatic carbocycles. The van der Waals surface area contributed by atoms with E-state index in [1.165, 1.54) is 7.11 Å². The van der Waals surface area contributed by atoms with Crippen molar-refractivity contribution in [3.05, 3.63) is 58.6 Å². The molecule has 0 saturated carbocycles. The van der Waals surface area contributed by atoms with Crippen molar-refractivity contribution in [2.75, 3.05) is 12.4 Å². The number of fused-ring (bicyclic) bond motifs is 1. The third-order valence-corrected chi connectivity index (χ3v) is 5.21. The number of carbonyl (C=O) groups excluding carboxylic acids is 3. The number of hydrogen-bond acceptors (Lipinski definition) is 4. The molecule has 1 aliphatic heterocycles. The number of halogens is 1. The second-order valence-electron chi connectivity index (χ2n) is 6.69. The van der Waals surface area contributed by atoms with Crippen molar-refractivity contribution in [2.24, 2.45) is 5.92 Å². The van der Waals surface area contributed by atoms with Crippen molar-refractivity contribution in [3.63, 3.8) is 0 Å². The van der Waals surface area contributed by atoms with Gasteiger partial charge in [0.25, 0.3) is 11.8 Å². The minimum atomic E-state index is -0.957. The van der Waals surface area contributed by atoms with Gasteiger partial charge in [0.15, 0.2) is 0 Å². The molecule has 0 unspecified atom stereocenters. The molecule has 6 nitrogen and oxygen atoms in total. The van der Waals surface area contributed by atoms with Crippen LogP contribution in [0, 0.1) is 5.92 Å². The summed E-state index contributed by atoms with van der Waals surface area (Å²) in [5.41, 5.74) is 1.01. The summed E-state index contributed by atoms with van der Waals surface area (Å²) in [6.07, 6.45) is 0.609. The van der Waals surface area contributed by atoms with Gasteiger partial charge in [-0.15, -0.1) is 0 Å². The van der Waals surface area contributed by atoms with Crippen molar-refractivity contribution < 1.29 is 19.1 Å². The first-order valence-corrected chi connectivity index (χ1v) is 9.38. The summed E-state index contributed by atoms with van der Waals surface area (Å²) in [5.74, 6) is -1.20. The molecule has 3 amide bonds. The summed E-state index contributed by atoms with van der Waals surface area (Å²) in [6.45, 7) is 3.74. The molecule has 1 heterocycles. The standard InChI is InChI=1S/C21H21ClN2O4/c1-4-12(2)18(19(25)23-16-11-13(22)9-10-17(16)28-3)24-20(26)14-7-5-6-8-15(14)21(24)27/h5-12,18H,4H2,1-3H3,(H,23,25)/t12-,18-/m0/s1. The third-order valence-electron chi connectivity index (χ3n) is 4.97. The number of nitrogens with zero attached hydrogens (tertiary/aromatic N) is 1. The molecule has 0 aliphatic carbocycles. The Bertz CT molecular complexity index is 909. The Morgan fingerprint density at radius 1 is 1.14 bits per heavy atom. The number of methoxy groups -OCH3 is 1. The Morgan fingerprint density at radius 2 is 1.75 bits per heavy atom. The van der Waals surface area contributed by atoms with Crippen molar-refractivity contribution in [3.8, 4) is 5.75 Å². The molecule has 146 valence electrons.